The Bertz CT molecular complexity index is 977. The van der Waals surface area contributed by atoms with E-state index in [2.05, 4.69) is 62.5 Å². The summed E-state index contributed by atoms with van der Waals surface area (Å²) in [6, 6.07) is -0.709. The Morgan fingerprint density at radius 3 is 1.37 bits per heavy atom. The zero-order valence-corrected chi connectivity index (χ0v) is 39.4. The number of aliphatic hydroxyl groups is 2. The maximum Gasteiger partial charge on any atom is 0.306 e. The first kappa shape index (κ1) is 57.1. The van der Waals surface area contributed by atoms with Crippen molar-refractivity contribution in [3.05, 3.63) is 36.5 Å². The molecule has 3 atom stereocenters. The molecule has 1 amide bonds. The highest BCUT2D eigenvalue weighted by Gasteiger charge is 2.24. The van der Waals surface area contributed by atoms with Crippen LogP contribution in [0.15, 0.2) is 36.5 Å². The number of allylic oxidation sites excluding steroid dienone is 6. The van der Waals surface area contributed by atoms with Crippen molar-refractivity contribution in [2.24, 2.45) is 0 Å². The molecule has 0 bridgehead atoms. The summed E-state index contributed by atoms with van der Waals surface area (Å²) in [4.78, 5) is 26.0. The standard InChI is InChI=1S/C53H99NO5/c1-4-7-10-13-16-19-21-23-25-27-29-31-34-37-40-43-46-53(58)59-49(44-41-38-35-32-18-15-12-9-6-3)47-52(57)54-50(48-55)51(56)45-42-39-36-33-30-28-26-24-22-20-17-14-11-8-5-2/h15,18,25,27,29,31,49-51,55-56H,4-14,16-17,19-24,26,28,30,32-48H2,1-3H3,(H,54,57)/b18-15-,27-25+,31-29+. The lowest BCUT2D eigenvalue weighted by molar-refractivity contribution is -0.151. The van der Waals surface area contributed by atoms with Gasteiger partial charge in [0.1, 0.15) is 6.10 Å². The van der Waals surface area contributed by atoms with E-state index in [9.17, 15) is 19.8 Å². The third-order valence-electron chi connectivity index (χ3n) is 11.7. The number of amides is 1. The van der Waals surface area contributed by atoms with Crippen LogP contribution in [0.1, 0.15) is 265 Å². The molecule has 0 aliphatic carbocycles. The van der Waals surface area contributed by atoms with E-state index in [-0.39, 0.29) is 24.9 Å². The van der Waals surface area contributed by atoms with Crippen LogP contribution < -0.4 is 5.32 Å². The van der Waals surface area contributed by atoms with Crippen LogP contribution in [0.3, 0.4) is 0 Å². The molecule has 6 heteroatoms. The Morgan fingerprint density at radius 1 is 0.492 bits per heavy atom. The topological polar surface area (TPSA) is 95.9 Å². The molecule has 0 heterocycles. The average Bonchev–Trinajstić information content (AvgIpc) is 3.23. The van der Waals surface area contributed by atoms with Gasteiger partial charge < -0.3 is 20.3 Å². The number of esters is 1. The molecule has 0 saturated carbocycles. The molecule has 0 aromatic carbocycles. The Balaban J connectivity index is 4.49. The summed E-state index contributed by atoms with van der Waals surface area (Å²) in [6.45, 7) is 6.43. The van der Waals surface area contributed by atoms with Gasteiger partial charge in [-0.15, -0.1) is 0 Å². The number of hydrogen-bond donors (Lipinski definition) is 3. The largest absolute Gasteiger partial charge is 0.462 e. The van der Waals surface area contributed by atoms with Gasteiger partial charge in [-0.3, -0.25) is 9.59 Å². The third kappa shape index (κ3) is 42.6. The van der Waals surface area contributed by atoms with Gasteiger partial charge >= 0.3 is 5.97 Å². The zero-order valence-electron chi connectivity index (χ0n) is 39.4. The first-order valence-corrected chi connectivity index (χ1v) is 25.7. The molecule has 6 nitrogen and oxygen atoms in total. The number of rotatable bonds is 46. The second-order valence-corrected chi connectivity index (χ2v) is 17.6. The summed E-state index contributed by atoms with van der Waals surface area (Å²) in [5.74, 6) is -0.517. The second-order valence-electron chi connectivity index (χ2n) is 17.6. The van der Waals surface area contributed by atoms with Gasteiger partial charge in [0.05, 0.1) is 25.2 Å². The minimum atomic E-state index is -0.793. The van der Waals surface area contributed by atoms with Gasteiger partial charge in [-0.05, 0) is 70.6 Å². The minimum Gasteiger partial charge on any atom is -0.462 e. The summed E-state index contributed by atoms with van der Waals surface area (Å²) in [7, 11) is 0. The van der Waals surface area contributed by atoms with E-state index in [1.165, 1.54) is 135 Å². The molecule has 0 rings (SSSR count). The molecule has 0 aliphatic heterocycles. The molecule has 0 aliphatic rings. The van der Waals surface area contributed by atoms with Crippen LogP contribution in [-0.4, -0.2) is 46.9 Å². The molecule has 0 radical (unpaired) electrons. The van der Waals surface area contributed by atoms with Crippen molar-refractivity contribution in [1.29, 1.82) is 0 Å². The molecule has 346 valence electrons. The lowest BCUT2D eigenvalue weighted by Crippen LogP contribution is -2.46. The highest BCUT2D eigenvalue weighted by molar-refractivity contribution is 5.77. The highest BCUT2D eigenvalue weighted by atomic mass is 16.5. The molecule has 3 unspecified atom stereocenters. The van der Waals surface area contributed by atoms with Gasteiger partial charge in [0.25, 0.3) is 0 Å². The number of nitrogens with one attached hydrogen (secondary N) is 1. The van der Waals surface area contributed by atoms with E-state index in [4.69, 9.17) is 4.74 Å². The first-order chi connectivity index (χ1) is 29.0. The maximum atomic E-state index is 13.2. The Hall–Kier alpha value is -1.92. The molecule has 0 saturated heterocycles. The van der Waals surface area contributed by atoms with Gasteiger partial charge in [0.15, 0.2) is 0 Å². The summed E-state index contributed by atoms with van der Waals surface area (Å²) < 4.78 is 5.89. The Kier molecular flexibility index (Phi) is 45.6. The number of hydrogen-bond acceptors (Lipinski definition) is 5. The molecule has 0 aromatic rings. The van der Waals surface area contributed by atoms with Crippen LogP contribution in [0.2, 0.25) is 0 Å². The first-order valence-electron chi connectivity index (χ1n) is 25.7. The Labute approximate surface area is 366 Å². The predicted octanol–water partition coefficient (Wildman–Crippen LogP) is 15.3. The van der Waals surface area contributed by atoms with Crippen LogP contribution in [0.4, 0.5) is 0 Å². The molecule has 0 spiro atoms. The van der Waals surface area contributed by atoms with E-state index in [0.29, 0.717) is 19.3 Å². The third-order valence-corrected chi connectivity index (χ3v) is 11.7. The second kappa shape index (κ2) is 47.1. The van der Waals surface area contributed by atoms with E-state index >= 15 is 0 Å². The van der Waals surface area contributed by atoms with Crippen LogP contribution in [0.5, 0.6) is 0 Å². The monoisotopic (exact) mass is 830 g/mol. The fourth-order valence-corrected chi connectivity index (χ4v) is 7.76. The van der Waals surface area contributed by atoms with Crippen LogP contribution in [-0.2, 0) is 14.3 Å². The molecule has 59 heavy (non-hydrogen) atoms. The van der Waals surface area contributed by atoms with Crippen LogP contribution in [0.25, 0.3) is 0 Å². The van der Waals surface area contributed by atoms with Crippen molar-refractivity contribution in [2.75, 3.05) is 6.61 Å². The van der Waals surface area contributed by atoms with E-state index in [1.807, 2.05) is 0 Å². The summed E-state index contributed by atoms with van der Waals surface area (Å²) in [6.07, 6.45) is 55.0. The quantitative estimate of drug-likeness (QED) is 0.0246. The molecule has 0 fully saturated rings. The summed E-state index contributed by atoms with van der Waals surface area (Å²) >= 11 is 0. The van der Waals surface area contributed by atoms with Crippen molar-refractivity contribution in [2.45, 2.75) is 283 Å². The minimum absolute atomic E-state index is 0.0576. The SMILES string of the molecule is CCCC/C=C\CCCCCC(CC(=O)NC(CO)C(O)CCCCCCCCCCCCCCCCC)OC(=O)CCCCC/C=C/C=C/CCCCCCCCC. The van der Waals surface area contributed by atoms with E-state index in [0.717, 1.165) is 83.5 Å². The van der Waals surface area contributed by atoms with Crippen LogP contribution in [0, 0.1) is 0 Å². The maximum absolute atomic E-state index is 13.2. The number of unbranched alkanes of at least 4 members (excludes halogenated alkanes) is 29. The van der Waals surface area contributed by atoms with E-state index in [1.54, 1.807) is 0 Å². The molecule has 0 aromatic heterocycles. The smallest absolute Gasteiger partial charge is 0.306 e. The van der Waals surface area contributed by atoms with Crippen LogP contribution >= 0.6 is 0 Å². The van der Waals surface area contributed by atoms with Gasteiger partial charge in [-0.2, -0.15) is 0 Å². The molecule has 3 N–H and O–H groups in total. The van der Waals surface area contributed by atoms with Crippen molar-refractivity contribution in [1.82, 2.24) is 5.32 Å². The highest BCUT2D eigenvalue weighted by Crippen LogP contribution is 2.17. The summed E-state index contributed by atoms with van der Waals surface area (Å²) in [5, 5.41) is 23.7. The van der Waals surface area contributed by atoms with Gasteiger partial charge in [0.2, 0.25) is 5.91 Å². The van der Waals surface area contributed by atoms with E-state index < -0.39 is 18.2 Å². The lowest BCUT2D eigenvalue weighted by atomic mass is 10.0. The van der Waals surface area contributed by atoms with Crippen molar-refractivity contribution >= 4 is 11.9 Å². The fourth-order valence-electron chi connectivity index (χ4n) is 7.76. The number of ether oxygens (including phenoxy) is 1. The lowest BCUT2D eigenvalue weighted by Gasteiger charge is -2.24. The number of carbonyl (C=O) groups is 2. The van der Waals surface area contributed by atoms with Crippen molar-refractivity contribution in [3.8, 4) is 0 Å². The van der Waals surface area contributed by atoms with Gasteiger partial charge in [0, 0.05) is 6.42 Å². The number of aliphatic hydroxyl groups excluding tert-OH is 2. The molecular weight excluding hydrogens is 731 g/mol. The fraction of sp³-hybridized carbons (Fsp3) is 0.849. The normalized spacial score (nSPS) is 13.5. The molecular formula is C53H99NO5. The predicted molar refractivity (Wildman–Crippen MR) is 255 cm³/mol. The van der Waals surface area contributed by atoms with Gasteiger partial charge in [-0.1, -0.05) is 218 Å². The van der Waals surface area contributed by atoms with Crippen molar-refractivity contribution in [3.63, 3.8) is 0 Å². The zero-order chi connectivity index (χ0) is 43.1. The van der Waals surface area contributed by atoms with Crippen molar-refractivity contribution < 1.29 is 24.5 Å². The number of carbonyl (C=O) groups excluding carboxylic acids is 2. The average molecular weight is 830 g/mol. The Morgan fingerprint density at radius 2 is 0.881 bits per heavy atom. The van der Waals surface area contributed by atoms with Gasteiger partial charge in [-0.25, -0.2) is 0 Å². The summed E-state index contributed by atoms with van der Waals surface area (Å²) in [5.41, 5.74) is 0.